The maximum atomic E-state index is 12.9. The van der Waals surface area contributed by atoms with Crippen molar-refractivity contribution in [3.63, 3.8) is 0 Å². The minimum Gasteiger partial charge on any atom is -0.870 e. The molecule has 4 aromatic rings. The number of carboxylic acid groups (broad SMARTS) is 1. The first-order valence-corrected chi connectivity index (χ1v) is 23.1. The maximum Gasteiger partial charge on any atom is 1.00 e. The molecule has 2 heterocycles. The number of carboxylic acids is 1. The van der Waals surface area contributed by atoms with Gasteiger partial charge in [-0.1, -0.05) is 36.4 Å². The number of benzene rings is 6. The van der Waals surface area contributed by atoms with Crippen LogP contribution in [0.1, 0.15) is 84.5 Å². The van der Waals surface area contributed by atoms with Crippen LogP contribution in [-0.2, 0) is 4.74 Å². The van der Waals surface area contributed by atoms with Crippen LogP contribution >= 0.6 is 24.8 Å². The van der Waals surface area contributed by atoms with Gasteiger partial charge < -0.3 is 39.9 Å². The van der Waals surface area contributed by atoms with E-state index in [-0.39, 0.29) is 78.0 Å². The van der Waals surface area contributed by atoms with Gasteiger partial charge in [-0.25, -0.2) is 9.59 Å². The standard InChI is InChI=1S/C28H30N2O3.C26H26N2O3.C2H6O.2ClH.Na.H2O/c1-6-29-23-15-25-21(13-17(23)4)27(19-11-9-10-12-20(19)28(31)32-8-3)22-14-18(5)24(30-7-2)16-26(22)33-25;1-5-27-21-13-23-19(11-15(21)3)25(17-9-7-8-10-18(17)26(29)30)20-12-16(4)22(28-6-2)14-24(20)31-23;1-2-3;;;;/h9-16,29H,6-8H2,1-5H3;7-14,27H,5-6H2,1-4H3,(H,29,30);3H,2H2,1H3;2*1H;;1H2/q;;;;;+1;/p-1. The van der Waals surface area contributed by atoms with Crippen LogP contribution in [0.3, 0.4) is 0 Å². The van der Waals surface area contributed by atoms with Crippen LogP contribution in [0.5, 0.6) is 0 Å². The molecule has 0 aromatic heterocycles. The molecule has 4 aromatic carbocycles. The molecule has 0 saturated carbocycles. The zero-order valence-electron chi connectivity index (χ0n) is 42.6. The molecule has 71 heavy (non-hydrogen) atoms. The number of aliphatic hydroxyl groups is 1. The van der Waals surface area contributed by atoms with Crippen LogP contribution in [0, 0.1) is 27.7 Å². The summed E-state index contributed by atoms with van der Waals surface area (Å²) in [4.78, 5) is 34.1. The monoisotopic (exact) mass is 1010 g/mol. The first-order valence-electron chi connectivity index (χ1n) is 23.1. The van der Waals surface area contributed by atoms with E-state index in [0.29, 0.717) is 42.2 Å². The molecule has 0 unspecified atom stereocenters. The van der Waals surface area contributed by atoms with Crippen LogP contribution in [0.25, 0.3) is 66.8 Å². The molecule has 0 bridgehead atoms. The molecule has 8 rings (SSSR count). The predicted molar refractivity (Wildman–Crippen MR) is 288 cm³/mol. The average Bonchev–Trinajstić information content (AvgIpc) is 3.30. The van der Waals surface area contributed by atoms with Crippen molar-refractivity contribution in [3.05, 3.63) is 141 Å². The third kappa shape index (κ3) is 13.6. The SMILES string of the molecule is CCN=c1cc2oc3cc(NCC)c(C)cc3c(-c3ccccc3C(=O)O)c-2cc1C.CCN=c1cc2oc3cc(NCC)c(C)cc3c(-c3ccccc3C(=O)OCC)c-2cc1C.CCO.Cl.Cl.[Na+].[OH-]. The molecule has 0 saturated heterocycles. The number of aliphatic hydroxyl groups excluding tert-OH is 1. The summed E-state index contributed by atoms with van der Waals surface area (Å²) in [7, 11) is 0. The summed E-state index contributed by atoms with van der Waals surface area (Å²) in [5.74, 6) is 0.144. The Morgan fingerprint density at radius 1 is 0.577 bits per heavy atom. The number of nitrogens with one attached hydrogen (secondary N) is 2. The van der Waals surface area contributed by atoms with Gasteiger partial charge in [-0.15, -0.1) is 24.8 Å². The average molecular weight is 1020 g/mol. The zero-order chi connectivity index (χ0) is 48.4. The van der Waals surface area contributed by atoms with Crippen molar-refractivity contribution in [2.75, 3.05) is 50.0 Å². The van der Waals surface area contributed by atoms with Gasteiger partial charge in [0.25, 0.3) is 0 Å². The smallest absolute Gasteiger partial charge is 0.870 e. The van der Waals surface area contributed by atoms with E-state index in [1.54, 1.807) is 19.1 Å². The number of carbonyl (C=O) groups excluding carboxylic acids is 1. The van der Waals surface area contributed by atoms with Gasteiger partial charge in [-0.2, -0.15) is 0 Å². The van der Waals surface area contributed by atoms with Gasteiger partial charge >= 0.3 is 41.5 Å². The van der Waals surface area contributed by atoms with Gasteiger partial charge in [0.1, 0.15) is 22.7 Å². The zero-order valence-corrected chi connectivity index (χ0v) is 46.2. The summed E-state index contributed by atoms with van der Waals surface area (Å²) in [5.41, 5.74) is 13.7. The number of carbonyl (C=O) groups is 2. The van der Waals surface area contributed by atoms with Crippen LogP contribution in [0.4, 0.5) is 11.4 Å². The molecule has 15 heteroatoms. The van der Waals surface area contributed by atoms with Crippen molar-refractivity contribution < 1.29 is 68.4 Å². The largest absolute Gasteiger partial charge is 1.00 e. The molecule has 372 valence electrons. The summed E-state index contributed by atoms with van der Waals surface area (Å²) in [6.07, 6.45) is 0. The van der Waals surface area contributed by atoms with Crippen LogP contribution < -0.4 is 50.9 Å². The Labute approximate surface area is 450 Å². The second kappa shape index (κ2) is 28.4. The van der Waals surface area contributed by atoms with Gasteiger partial charge in [0.2, 0.25) is 0 Å². The predicted octanol–water partition coefficient (Wildman–Crippen LogP) is 9.89. The van der Waals surface area contributed by atoms with E-state index in [1.165, 1.54) is 0 Å². The first-order chi connectivity index (χ1) is 32.3. The topological polar surface area (TPSA) is 189 Å². The number of hydrogen-bond acceptors (Lipinski definition) is 11. The fourth-order valence-corrected chi connectivity index (χ4v) is 8.38. The molecule has 5 N–H and O–H groups in total. The van der Waals surface area contributed by atoms with E-state index in [9.17, 15) is 14.7 Å². The number of fused-ring (bicyclic) bond motifs is 4. The molecule has 2 aliphatic heterocycles. The summed E-state index contributed by atoms with van der Waals surface area (Å²) < 4.78 is 18.1. The molecule has 12 nitrogen and oxygen atoms in total. The number of nitrogens with zero attached hydrogens (tertiary/aromatic N) is 2. The number of esters is 1. The van der Waals surface area contributed by atoms with Crippen molar-refractivity contribution in [1.29, 1.82) is 0 Å². The van der Waals surface area contributed by atoms with Crippen LogP contribution in [0.15, 0.2) is 116 Å². The van der Waals surface area contributed by atoms with Crippen LogP contribution in [-0.4, -0.2) is 67.0 Å². The van der Waals surface area contributed by atoms with Crippen molar-refractivity contribution in [2.24, 2.45) is 9.98 Å². The Morgan fingerprint density at radius 3 is 1.35 bits per heavy atom. The number of anilines is 2. The first kappa shape index (κ1) is 61.4. The Balaban J connectivity index is 0.000000438. The minimum atomic E-state index is -0.951. The van der Waals surface area contributed by atoms with E-state index in [4.69, 9.17) is 18.7 Å². The summed E-state index contributed by atoms with van der Waals surface area (Å²) in [6.45, 7) is 23.4. The molecule has 0 spiro atoms. The summed E-state index contributed by atoms with van der Waals surface area (Å²) >= 11 is 0. The summed E-state index contributed by atoms with van der Waals surface area (Å²) in [6, 6.07) is 31.1. The van der Waals surface area contributed by atoms with E-state index in [1.807, 2.05) is 101 Å². The maximum absolute atomic E-state index is 12.9. The Kier molecular flexibility index (Phi) is 24.5. The molecule has 0 fully saturated rings. The van der Waals surface area contributed by atoms with Crippen molar-refractivity contribution in [2.45, 2.75) is 69.2 Å². The summed E-state index contributed by atoms with van der Waals surface area (Å²) in [5, 5.41) is 27.9. The number of hydrogen-bond donors (Lipinski definition) is 4. The molecular weight excluding hydrogens is 951 g/mol. The Bertz CT molecular complexity index is 3170. The van der Waals surface area contributed by atoms with Crippen molar-refractivity contribution >= 4 is 70.1 Å². The van der Waals surface area contributed by atoms with E-state index < -0.39 is 5.97 Å². The van der Waals surface area contributed by atoms with Gasteiger partial charge in [0, 0.05) is 101 Å². The normalized spacial score (nSPS) is 11.0. The van der Waals surface area contributed by atoms with Crippen molar-refractivity contribution in [3.8, 4) is 44.9 Å². The van der Waals surface area contributed by atoms with Crippen LogP contribution in [0.2, 0.25) is 0 Å². The third-order valence-electron chi connectivity index (χ3n) is 11.3. The number of aryl methyl sites for hydroxylation is 4. The van der Waals surface area contributed by atoms with E-state index in [2.05, 4.69) is 66.5 Å². The van der Waals surface area contributed by atoms with Gasteiger partial charge in [0.15, 0.2) is 0 Å². The molecule has 2 aliphatic carbocycles. The fraction of sp³-hybridized carbons (Fsp3) is 0.286. The molecule has 0 amide bonds. The van der Waals surface area contributed by atoms with Crippen molar-refractivity contribution in [1.82, 2.24) is 0 Å². The molecule has 0 radical (unpaired) electrons. The van der Waals surface area contributed by atoms with Gasteiger partial charge in [0.05, 0.1) is 28.4 Å². The second-order valence-electron chi connectivity index (χ2n) is 16.0. The number of ether oxygens (including phenoxy) is 1. The minimum absolute atomic E-state index is 0. The Morgan fingerprint density at radius 2 is 0.972 bits per heavy atom. The third-order valence-corrected chi connectivity index (χ3v) is 11.3. The number of rotatable bonds is 11. The second-order valence-corrected chi connectivity index (χ2v) is 16.0. The number of halogens is 2. The molecule has 4 aliphatic rings. The molecule has 0 atom stereocenters. The quantitative estimate of drug-likeness (QED) is 0.0552. The Hall–Kier alpha value is -5.70. The van der Waals surface area contributed by atoms with E-state index >= 15 is 0 Å². The van der Waals surface area contributed by atoms with Gasteiger partial charge in [-0.05, 0) is 139 Å². The number of aromatic carboxylic acids is 1. The fourth-order valence-electron chi connectivity index (χ4n) is 8.38. The van der Waals surface area contributed by atoms with Gasteiger partial charge in [-0.3, -0.25) is 9.98 Å². The van der Waals surface area contributed by atoms with E-state index in [0.717, 1.165) is 107 Å². The molecular formula is C56H65Cl2N4NaO8.